The van der Waals surface area contributed by atoms with E-state index in [9.17, 15) is 14.7 Å². The van der Waals surface area contributed by atoms with Crippen LogP contribution in [0.3, 0.4) is 0 Å². The van der Waals surface area contributed by atoms with Crippen molar-refractivity contribution in [2.24, 2.45) is 5.92 Å². The molecule has 0 saturated heterocycles. The van der Waals surface area contributed by atoms with Crippen molar-refractivity contribution in [3.63, 3.8) is 0 Å². The van der Waals surface area contributed by atoms with Gasteiger partial charge in [-0.1, -0.05) is 64.0 Å². The van der Waals surface area contributed by atoms with Gasteiger partial charge in [-0.15, -0.1) is 0 Å². The van der Waals surface area contributed by atoms with Crippen LogP contribution in [-0.4, -0.2) is 61.1 Å². The van der Waals surface area contributed by atoms with Gasteiger partial charge in [-0.05, 0) is 43.4 Å². The summed E-state index contributed by atoms with van der Waals surface area (Å²) in [6, 6.07) is 7.35. The predicted molar refractivity (Wildman–Crippen MR) is 132 cm³/mol. The number of amides is 1. The van der Waals surface area contributed by atoms with Gasteiger partial charge in [0.1, 0.15) is 12.4 Å². The Morgan fingerprint density at radius 3 is 2.41 bits per heavy atom. The lowest BCUT2D eigenvalue weighted by Crippen LogP contribution is -2.36. The summed E-state index contributed by atoms with van der Waals surface area (Å²) in [6.07, 6.45) is 10.2. The van der Waals surface area contributed by atoms with Crippen LogP contribution in [0.1, 0.15) is 77.2 Å². The summed E-state index contributed by atoms with van der Waals surface area (Å²) in [5.41, 5.74) is 0.871. The van der Waals surface area contributed by atoms with E-state index < -0.39 is 12.1 Å². The maximum atomic E-state index is 12.5. The molecule has 1 aromatic carbocycles. The first-order valence-electron chi connectivity index (χ1n) is 13.0. The lowest BCUT2D eigenvalue weighted by atomic mass is 9.86. The Balaban J connectivity index is 1.77. The highest BCUT2D eigenvalue weighted by molar-refractivity contribution is 5.72. The lowest BCUT2D eigenvalue weighted by molar-refractivity contribution is -0.149. The maximum absolute atomic E-state index is 12.5. The summed E-state index contributed by atoms with van der Waals surface area (Å²) in [6.45, 7) is 6.09. The van der Waals surface area contributed by atoms with Gasteiger partial charge in [0.25, 0.3) is 0 Å². The van der Waals surface area contributed by atoms with Crippen molar-refractivity contribution in [3.8, 4) is 5.75 Å². The van der Waals surface area contributed by atoms with Crippen LogP contribution in [0.15, 0.2) is 24.3 Å². The number of ether oxygens (including phenoxy) is 3. The number of carboxylic acid groups (broad SMARTS) is 1. The SMILES string of the molecule is CCCOC(=O)N(CCCCC1CCCCC1)CCOc1ccc(CC(OCC)C(=O)O)cc1. The molecule has 1 atom stereocenters. The van der Waals surface area contributed by atoms with Crippen LogP contribution in [0.5, 0.6) is 5.75 Å². The monoisotopic (exact) mass is 477 g/mol. The molecular formula is C27H43NO6. The number of rotatable bonds is 16. The van der Waals surface area contributed by atoms with Crippen LogP contribution in [0.2, 0.25) is 0 Å². The number of unbranched alkanes of at least 4 members (excludes halogenated alkanes) is 1. The minimum atomic E-state index is -0.962. The van der Waals surface area contributed by atoms with E-state index in [1.807, 2.05) is 31.2 Å². The highest BCUT2D eigenvalue weighted by Crippen LogP contribution is 2.27. The number of nitrogens with zero attached hydrogens (tertiary/aromatic N) is 1. The van der Waals surface area contributed by atoms with E-state index in [0.29, 0.717) is 45.1 Å². The molecule has 1 aliphatic carbocycles. The van der Waals surface area contributed by atoms with Crippen LogP contribution >= 0.6 is 0 Å². The van der Waals surface area contributed by atoms with Gasteiger partial charge in [0.15, 0.2) is 6.10 Å². The first-order valence-corrected chi connectivity index (χ1v) is 13.0. The van der Waals surface area contributed by atoms with Crippen molar-refractivity contribution in [2.45, 2.75) is 84.2 Å². The smallest absolute Gasteiger partial charge is 0.409 e. The number of carbonyl (C=O) groups is 2. The van der Waals surface area contributed by atoms with E-state index in [1.54, 1.807) is 11.8 Å². The molecule has 7 nitrogen and oxygen atoms in total. The number of carbonyl (C=O) groups excluding carboxylic acids is 1. The minimum absolute atomic E-state index is 0.269. The summed E-state index contributed by atoms with van der Waals surface area (Å²) >= 11 is 0. The van der Waals surface area contributed by atoms with Crippen molar-refractivity contribution < 1.29 is 28.9 Å². The molecular weight excluding hydrogens is 434 g/mol. The standard InChI is InChI=1S/C27H43NO6/c1-3-19-34-27(31)28(17-9-8-12-22-10-6-5-7-11-22)18-20-33-24-15-13-23(14-16-24)21-25(26(29)30)32-4-2/h13-16,22,25H,3-12,17-21H2,1-2H3,(H,29,30). The average Bonchev–Trinajstić information content (AvgIpc) is 2.85. The quantitative estimate of drug-likeness (QED) is 0.308. The van der Waals surface area contributed by atoms with Crippen LogP contribution in [0.25, 0.3) is 0 Å². The van der Waals surface area contributed by atoms with Crippen LogP contribution in [-0.2, 0) is 20.7 Å². The van der Waals surface area contributed by atoms with Gasteiger partial charge >= 0.3 is 12.1 Å². The van der Waals surface area contributed by atoms with E-state index in [2.05, 4.69) is 0 Å². The Hall–Kier alpha value is -2.28. The molecule has 1 saturated carbocycles. The molecule has 0 aromatic heterocycles. The Labute approximate surface area is 204 Å². The Morgan fingerprint density at radius 1 is 1.03 bits per heavy atom. The second kappa shape index (κ2) is 16.4. The minimum Gasteiger partial charge on any atom is -0.492 e. The topological polar surface area (TPSA) is 85.3 Å². The van der Waals surface area contributed by atoms with Gasteiger partial charge in [0.05, 0.1) is 13.2 Å². The molecule has 1 N–H and O–H groups in total. The zero-order valence-electron chi connectivity index (χ0n) is 21.0. The Morgan fingerprint density at radius 2 is 1.76 bits per heavy atom. The van der Waals surface area contributed by atoms with Crippen molar-refractivity contribution in [1.29, 1.82) is 0 Å². The van der Waals surface area contributed by atoms with Gasteiger partial charge in [-0.3, -0.25) is 0 Å². The molecule has 7 heteroatoms. The number of hydrogen-bond donors (Lipinski definition) is 1. The van der Waals surface area contributed by atoms with Gasteiger partial charge in [0.2, 0.25) is 0 Å². The number of hydrogen-bond acceptors (Lipinski definition) is 5. The summed E-state index contributed by atoms with van der Waals surface area (Å²) in [5, 5.41) is 9.24. The predicted octanol–water partition coefficient (Wildman–Crippen LogP) is 5.70. The lowest BCUT2D eigenvalue weighted by Gasteiger charge is -2.24. The summed E-state index contributed by atoms with van der Waals surface area (Å²) in [5.74, 6) is 0.585. The van der Waals surface area contributed by atoms with Gasteiger partial charge < -0.3 is 24.2 Å². The van der Waals surface area contributed by atoms with Crippen molar-refractivity contribution in [2.75, 3.05) is 32.9 Å². The van der Waals surface area contributed by atoms with Gasteiger partial charge in [0, 0.05) is 19.6 Å². The van der Waals surface area contributed by atoms with E-state index in [1.165, 1.54) is 38.5 Å². The third-order valence-electron chi connectivity index (χ3n) is 6.32. The second-order valence-electron chi connectivity index (χ2n) is 9.08. The molecule has 1 unspecified atom stereocenters. The van der Waals surface area contributed by atoms with E-state index in [-0.39, 0.29) is 6.09 Å². The van der Waals surface area contributed by atoms with E-state index in [0.717, 1.165) is 30.7 Å². The highest BCUT2D eigenvalue weighted by Gasteiger charge is 2.18. The Kier molecular flexibility index (Phi) is 13.5. The van der Waals surface area contributed by atoms with E-state index in [4.69, 9.17) is 14.2 Å². The van der Waals surface area contributed by atoms with Crippen LogP contribution < -0.4 is 4.74 Å². The molecule has 0 aliphatic heterocycles. The van der Waals surface area contributed by atoms with Crippen LogP contribution in [0, 0.1) is 5.92 Å². The molecule has 1 amide bonds. The third kappa shape index (κ3) is 10.8. The Bertz CT molecular complexity index is 702. The molecule has 192 valence electrons. The largest absolute Gasteiger partial charge is 0.492 e. The molecule has 0 bridgehead atoms. The van der Waals surface area contributed by atoms with Crippen molar-refractivity contribution in [3.05, 3.63) is 29.8 Å². The average molecular weight is 478 g/mol. The fraction of sp³-hybridized carbons (Fsp3) is 0.704. The first kappa shape index (κ1) is 28.0. The molecule has 0 heterocycles. The summed E-state index contributed by atoms with van der Waals surface area (Å²) in [4.78, 5) is 25.5. The first-order chi connectivity index (χ1) is 16.5. The number of aliphatic carboxylic acids is 1. The van der Waals surface area contributed by atoms with Gasteiger partial charge in [-0.25, -0.2) is 9.59 Å². The molecule has 0 spiro atoms. The fourth-order valence-electron chi connectivity index (χ4n) is 4.41. The van der Waals surface area contributed by atoms with Crippen LogP contribution in [0.4, 0.5) is 4.79 Å². The number of carboxylic acids is 1. The molecule has 1 fully saturated rings. The molecule has 2 rings (SSSR count). The fourth-order valence-corrected chi connectivity index (χ4v) is 4.41. The number of benzene rings is 1. The van der Waals surface area contributed by atoms with Gasteiger partial charge in [-0.2, -0.15) is 0 Å². The molecule has 1 aromatic rings. The molecule has 34 heavy (non-hydrogen) atoms. The maximum Gasteiger partial charge on any atom is 0.409 e. The molecule has 1 aliphatic rings. The zero-order chi connectivity index (χ0) is 24.6. The summed E-state index contributed by atoms with van der Waals surface area (Å²) < 4.78 is 16.5. The summed E-state index contributed by atoms with van der Waals surface area (Å²) in [7, 11) is 0. The zero-order valence-corrected chi connectivity index (χ0v) is 21.0. The molecule has 0 radical (unpaired) electrons. The van der Waals surface area contributed by atoms with Crippen molar-refractivity contribution >= 4 is 12.1 Å². The normalized spacial score (nSPS) is 15.0. The van der Waals surface area contributed by atoms with E-state index >= 15 is 0 Å². The highest BCUT2D eigenvalue weighted by atomic mass is 16.6. The second-order valence-corrected chi connectivity index (χ2v) is 9.08. The van der Waals surface area contributed by atoms with Crippen molar-refractivity contribution in [1.82, 2.24) is 4.90 Å². The third-order valence-corrected chi connectivity index (χ3v) is 6.32.